The average Bonchev–Trinajstić information content (AvgIpc) is 1.98. The highest BCUT2D eigenvalue weighted by atomic mass is 32.7. The molecule has 0 aromatic carbocycles. The van der Waals surface area contributed by atoms with E-state index in [2.05, 4.69) is 0 Å². The molecule has 0 saturated heterocycles. The zero-order chi connectivity index (χ0) is 12.8. The molecule has 0 aromatic heterocycles. The molecule has 1 atom stereocenters. The van der Waals surface area contributed by atoms with E-state index in [1.165, 1.54) is 6.08 Å². The molecular formula is C10H19O4PS. The highest BCUT2D eigenvalue weighted by molar-refractivity contribution is 8.58. The Balaban J connectivity index is 4.37. The van der Waals surface area contributed by atoms with Crippen molar-refractivity contribution in [3.05, 3.63) is 11.0 Å². The molecule has 0 heterocycles. The Bertz CT molecular complexity index is 312. The van der Waals surface area contributed by atoms with Crippen LogP contribution in [0.25, 0.3) is 0 Å². The summed E-state index contributed by atoms with van der Waals surface area (Å²) in [6, 6.07) is 0. The molecule has 0 spiro atoms. The van der Waals surface area contributed by atoms with Crippen molar-refractivity contribution in [3.63, 3.8) is 0 Å². The number of ether oxygens (including phenoxy) is 1. The molecule has 0 saturated carbocycles. The van der Waals surface area contributed by atoms with Gasteiger partial charge in [0.2, 0.25) is 0 Å². The molecule has 0 N–H and O–H groups in total. The van der Waals surface area contributed by atoms with Crippen LogP contribution in [0.5, 0.6) is 0 Å². The maximum atomic E-state index is 11.9. The lowest BCUT2D eigenvalue weighted by Gasteiger charge is -2.15. The van der Waals surface area contributed by atoms with Crippen LogP contribution in [-0.2, 0) is 18.6 Å². The molecule has 0 aliphatic heterocycles. The van der Waals surface area contributed by atoms with Crippen LogP contribution in [-0.4, -0.2) is 25.3 Å². The van der Waals surface area contributed by atoms with Crippen molar-refractivity contribution in [2.75, 3.05) is 13.3 Å². The van der Waals surface area contributed by atoms with Gasteiger partial charge in [-0.25, -0.2) is 4.79 Å². The first kappa shape index (κ1) is 15.8. The van der Waals surface area contributed by atoms with Gasteiger partial charge in [0.25, 0.3) is 6.57 Å². The average molecular weight is 266 g/mol. The Morgan fingerprint density at radius 1 is 1.50 bits per heavy atom. The van der Waals surface area contributed by atoms with Gasteiger partial charge in [-0.15, -0.1) is 0 Å². The summed E-state index contributed by atoms with van der Waals surface area (Å²) in [7, 11) is 0. The van der Waals surface area contributed by atoms with Crippen molar-refractivity contribution < 1.29 is 18.6 Å². The summed E-state index contributed by atoms with van der Waals surface area (Å²) < 4.78 is 21.9. The topological polar surface area (TPSA) is 52.6 Å². The van der Waals surface area contributed by atoms with Gasteiger partial charge in [-0.05, 0) is 44.0 Å². The Kier molecular flexibility index (Phi) is 7.04. The molecule has 4 nitrogen and oxygen atoms in total. The summed E-state index contributed by atoms with van der Waals surface area (Å²) in [4.78, 5) is 11.7. The summed E-state index contributed by atoms with van der Waals surface area (Å²) in [5.41, 5.74) is 0. The van der Waals surface area contributed by atoms with E-state index >= 15 is 0 Å². The van der Waals surface area contributed by atoms with Gasteiger partial charge in [-0.3, -0.25) is 4.57 Å². The van der Waals surface area contributed by atoms with Gasteiger partial charge in [0.05, 0.1) is 12.7 Å². The van der Waals surface area contributed by atoms with Crippen molar-refractivity contribution in [3.8, 4) is 0 Å². The second-order valence-electron chi connectivity index (χ2n) is 3.52. The van der Waals surface area contributed by atoms with E-state index in [1.807, 2.05) is 13.8 Å². The lowest BCUT2D eigenvalue weighted by molar-refractivity contribution is -0.137. The Morgan fingerprint density at radius 3 is 2.50 bits per heavy atom. The zero-order valence-corrected chi connectivity index (χ0v) is 12.1. The normalized spacial score (nSPS) is 16.0. The van der Waals surface area contributed by atoms with E-state index in [-0.39, 0.29) is 6.10 Å². The monoisotopic (exact) mass is 266 g/mol. The van der Waals surface area contributed by atoms with Gasteiger partial charge in [-0.1, -0.05) is 0 Å². The predicted molar refractivity (Wildman–Crippen MR) is 67.7 cm³/mol. The van der Waals surface area contributed by atoms with Crippen LogP contribution in [0.15, 0.2) is 11.0 Å². The third-order valence-corrected chi connectivity index (χ3v) is 4.98. The highest BCUT2D eigenvalue weighted by Gasteiger charge is 2.19. The molecule has 0 bridgehead atoms. The van der Waals surface area contributed by atoms with Crippen molar-refractivity contribution >= 4 is 23.9 Å². The fourth-order valence-electron chi connectivity index (χ4n) is 1.04. The minimum absolute atomic E-state index is 0.0984. The lowest BCUT2D eigenvalue weighted by atomic mass is 10.5. The zero-order valence-electron chi connectivity index (χ0n) is 10.4. The molecular weight excluding hydrogens is 247 g/mol. The van der Waals surface area contributed by atoms with Crippen LogP contribution in [0, 0.1) is 0 Å². The SMILES string of the molecule is CCOC(=O)/C=C(\C)SP(C)(=O)OC(C)C. The van der Waals surface area contributed by atoms with Crippen LogP contribution in [0.1, 0.15) is 27.7 Å². The lowest BCUT2D eigenvalue weighted by Crippen LogP contribution is -2.00. The number of carbonyl (C=O) groups is 1. The van der Waals surface area contributed by atoms with E-state index in [9.17, 15) is 9.36 Å². The van der Waals surface area contributed by atoms with Gasteiger partial charge < -0.3 is 9.26 Å². The first-order valence-corrected chi connectivity index (χ1v) is 8.56. The first-order valence-electron chi connectivity index (χ1n) is 5.07. The van der Waals surface area contributed by atoms with Crippen LogP contribution < -0.4 is 0 Å². The summed E-state index contributed by atoms with van der Waals surface area (Å²) in [5, 5.41) is 0. The molecule has 0 radical (unpaired) electrons. The molecule has 0 aliphatic rings. The maximum absolute atomic E-state index is 11.9. The van der Waals surface area contributed by atoms with Gasteiger partial charge in [0, 0.05) is 12.7 Å². The fraction of sp³-hybridized carbons (Fsp3) is 0.700. The Hall–Kier alpha value is -0.250. The quantitative estimate of drug-likeness (QED) is 0.419. The Morgan fingerprint density at radius 2 is 2.06 bits per heavy atom. The third kappa shape index (κ3) is 7.97. The molecule has 0 aromatic rings. The number of allylic oxidation sites excluding steroid dienone is 1. The largest absolute Gasteiger partial charge is 0.463 e. The maximum Gasteiger partial charge on any atom is 0.331 e. The second-order valence-corrected chi connectivity index (χ2v) is 8.64. The molecule has 0 fully saturated rings. The van der Waals surface area contributed by atoms with E-state index in [0.717, 1.165) is 11.4 Å². The number of rotatable bonds is 6. The molecule has 0 rings (SSSR count). The van der Waals surface area contributed by atoms with Crippen LogP contribution in [0.2, 0.25) is 0 Å². The van der Waals surface area contributed by atoms with Crippen molar-refractivity contribution in [2.24, 2.45) is 0 Å². The van der Waals surface area contributed by atoms with Gasteiger partial charge in [0.15, 0.2) is 0 Å². The molecule has 1 unspecified atom stereocenters. The number of carbonyl (C=O) groups excluding carboxylic acids is 1. The van der Waals surface area contributed by atoms with Crippen LogP contribution in [0.3, 0.4) is 0 Å². The molecule has 0 aliphatic carbocycles. The molecule has 6 heteroatoms. The molecule has 0 amide bonds. The van der Waals surface area contributed by atoms with Gasteiger partial charge in [-0.2, -0.15) is 0 Å². The van der Waals surface area contributed by atoms with Crippen LogP contribution >= 0.6 is 18.0 Å². The van der Waals surface area contributed by atoms with Crippen molar-refractivity contribution in [1.82, 2.24) is 0 Å². The first-order chi connectivity index (χ1) is 7.26. The van der Waals surface area contributed by atoms with Gasteiger partial charge >= 0.3 is 5.97 Å². The summed E-state index contributed by atoms with van der Waals surface area (Å²) >= 11 is 1.08. The third-order valence-electron chi connectivity index (χ3n) is 1.32. The van der Waals surface area contributed by atoms with E-state index in [0.29, 0.717) is 11.5 Å². The van der Waals surface area contributed by atoms with Gasteiger partial charge in [0.1, 0.15) is 0 Å². The minimum atomic E-state index is -2.74. The number of esters is 1. The summed E-state index contributed by atoms with van der Waals surface area (Å²) in [6.07, 6.45) is 1.23. The summed E-state index contributed by atoms with van der Waals surface area (Å²) in [6.45, 7) is 6.22. The standard InChI is InChI=1S/C10H19O4PS/c1-6-13-10(11)7-9(4)16-15(5,12)14-8(2)3/h7-8H,6H2,1-5H3/b9-7+. The van der Waals surface area contributed by atoms with Crippen molar-refractivity contribution in [2.45, 2.75) is 33.8 Å². The summed E-state index contributed by atoms with van der Waals surface area (Å²) in [5.74, 6) is -0.419. The van der Waals surface area contributed by atoms with Crippen LogP contribution in [0.4, 0.5) is 0 Å². The predicted octanol–water partition coefficient (Wildman–Crippen LogP) is 3.43. The van der Waals surface area contributed by atoms with E-state index < -0.39 is 12.5 Å². The smallest absolute Gasteiger partial charge is 0.331 e. The van der Waals surface area contributed by atoms with E-state index in [1.54, 1.807) is 20.5 Å². The molecule has 94 valence electrons. The molecule has 16 heavy (non-hydrogen) atoms. The Labute approximate surface area is 101 Å². The number of hydrogen-bond donors (Lipinski definition) is 0. The minimum Gasteiger partial charge on any atom is -0.463 e. The van der Waals surface area contributed by atoms with E-state index in [4.69, 9.17) is 9.26 Å². The highest BCUT2D eigenvalue weighted by Crippen LogP contribution is 2.60. The second kappa shape index (κ2) is 7.15. The number of hydrogen-bond acceptors (Lipinski definition) is 5. The van der Waals surface area contributed by atoms with Crippen molar-refractivity contribution in [1.29, 1.82) is 0 Å². The fourth-order valence-corrected chi connectivity index (χ4v) is 4.90.